The Kier molecular flexibility index (Phi) is 2.40. The first kappa shape index (κ1) is 10.4. The molecule has 15 heavy (non-hydrogen) atoms. The fourth-order valence-corrected chi connectivity index (χ4v) is 2.77. The molecule has 3 N–H and O–H groups in total. The molecule has 0 saturated carbocycles. The zero-order chi connectivity index (χ0) is 11.2. The van der Waals surface area contributed by atoms with Crippen LogP contribution in [0.4, 0.5) is 5.13 Å². The Labute approximate surface area is 97.9 Å². The normalized spacial score (nSPS) is 10.8. The van der Waals surface area contributed by atoms with Crippen LogP contribution in [-0.4, -0.2) is 16.1 Å². The van der Waals surface area contributed by atoms with Crippen molar-refractivity contribution in [1.82, 2.24) is 4.98 Å². The van der Waals surface area contributed by atoms with Crippen LogP contribution in [0.2, 0.25) is 0 Å². The number of hydrogen-bond acceptors (Lipinski definition) is 4. The van der Waals surface area contributed by atoms with E-state index in [2.05, 4.69) is 20.9 Å². The summed E-state index contributed by atoms with van der Waals surface area (Å²) in [5.41, 5.74) is 6.90. The molecule has 0 bridgehead atoms. The lowest BCUT2D eigenvalue weighted by molar-refractivity contribution is 0.0698. The Morgan fingerprint density at radius 1 is 1.67 bits per heavy atom. The molecule has 0 aliphatic heterocycles. The molecule has 0 fully saturated rings. The van der Waals surface area contributed by atoms with Crippen molar-refractivity contribution in [3.63, 3.8) is 0 Å². The highest BCUT2D eigenvalue weighted by Crippen LogP contribution is 2.33. The van der Waals surface area contributed by atoms with Gasteiger partial charge in [0.1, 0.15) is 0 Å². The summed E-state index contributed by atoms with van der Waals surface area (Å²) in [4.78, 5) is 15.1. The maximum Gasteiger partial charge on any atom is 0.338 e. The molecule has 6 heteroatoms. The van der Waals surface area contributed by atoms with Crippen LogP contribution >= 0.6 is 27.3 Å². The van der Waals surface area contributed by atoms with E-state index in [9.17, 15) is 4.79 Å². The van der Waals surface area contributed by atoms with Crippen LogP contribution in [0.15, 0.2) is 10.5 Å². The number of rotatable bonds is 1. The van der Waals surface area contributed by atoms with Crippen LogP contribution in [0.3, 0.4) is 0 Å². The summed E-state index contributed by atoms with van der Waals surface area (Å²) < 4.78 is 1.54. The lowest BCUT2D eigenvalue weighted by Gasteiger charge is -2.03. The lowest BCUT2D eigenvalue weighted by atomic mass is 10.1. The number of fused-ring (bicyclic) bond motifs is 1. The SMILES string of the molecule is Cc1c(Br)cc2sc(N)nc2c1C(=O)O. The van der Waals surface area contributed by atoms with E-state index in [0.717, 1.165) is 9.17 Å². The van der Waals surface area contributed by atoms with Gasteiger partial charge in [0.25, 0.3) is 0 Å². The van der Waals surface area contributed by atoms with E-state index in [1.165, 1.54) is 11.3 Å². The molecule has 0 atom stereocenters. The van der Waals surface area contributed by atoms with Crippen molar-refractivity contribution < 1.29 is 9.90 Å². The molecule has 0 saturated heterocycles. The summed E-state index contributed by atoms with van der Waals surface area (Å²) >= 11 is 4.60. The first-order valence-corrected chi connectivity index (χ1v) is 5.70. The number of nitrogens with zero attached hydrogens (tertiary/aromatic N) is 1. The summed E-state index contributed by atoms with van der Waals surface area (Å²) in [5, 5.41) is 9.48. The van der Waals surface area contributed by atoms with E-state index in [1.54, 1.807) is 6.92 Å². The monoisotopic (exact) mass is 286 g/mol. The van der Waals surface area contributed by atoms with Gasteiger partial charge in [-0.1, -0.05) is 27.3 Å². The highest BCUT2D eigenvalue weighted by molar-refractivity contribution is 9.10. The molecule has 1 aromatic carbocycles. The minimum Gasteiger partial charge on any atom is -0.478 e. The number of anilines is 1. The molecular formula is C9H7BrN2O2S. The van der Waals surface area contributed by atoms with Gasteiger partial charge in [-0.2, -0.15) is 0 Å². The van der Waals surface area contributed by atoms with Gasteiger partial charge >= 0.3 is 5.97 Å². The number of hydrogen-bond donors (Lipinski definition) is 2. The molecule has 4 nitrogen and oxygen atoms in total. The van der Waals surface area contributed by atoms with Gasteiger partial charge in [0.15, 0.2) is 5.13 Å². The third-order valence-electron chi connectivity index (χ3n) is 2.11. The molecule has 0 amide bonds. The zero-order valence-electron chi connectivity index (χ0n) is 7.74. The van der Waals surface area contributed by atoms with E-state index < -0.39 is 5.97 Å². The number of benzene rings is 1. The number of carboxylic acids is 1. The molecular weight excluding hydrogens is 280 g/mol. The predicted octanol–water partition coefficient (Wildman–Crippen LogP) is 2.65. The quantitative estimate of drug-likeness (QED) is 0.845. The lowest BCUT2D eigenvalue weighted by Crippen LogP contribution is -2.01. The largest absolute Gasteiger partial charge is 0.478 e. The molecule has 2 aromatic rings. The van der Waals surface area contributed by atoms with Crippen LogP contribution in [0.5, 0.6) is 0 Å². The van der Waals surface area contributed by atoms with E-state index in [4.69, 9.17) is 10.8 Å². The number of carboxylic acid groups (broad SMARTS) is 1. The van der Waals surface area contributed by atoms with Crippen LogP contribution in [0.25, 0.3) is 10.2 Å². The summed E-state index contributed by atoms with van der Waals surface area (Å²) in [7, 11) is 0. The van der Waals surface area contributed by atoms with Crippen molar-refractivity contribution in [3.8, 4) is 0 Å². The minimum absolute atomic E-state index is 0.215. The summed E-state index contributed by atoms with van der Waals surface area (Å²) in [6.07, 6.45) is 0. The van der Waals surface area contributed by atoms with Gasteiger partial charge in [0.2, 0.25) is 0 Å². The fraction of sp³-hybridized carbons (Fsp3) is 0.111. The Hall–Kier alpha value is -1.14. The van der Waals surface area contributed by atoms with Crippen LogP contribution in [-0.2, 0) is 0 Å². The zero-order valence-corrected chi connectivity index (χ0v) is 10.1. The molecule has 1 aromatic heterocycles. The van der Waals surface area contributed by atoms with Crippen molar-refractivity contribution in [3.05, 3.63) is 21.7 Å². The highest BCUT2D eigenvalue weighted by Gasteiger charge is 2.17. The molecule has 2 rings (SSSR count). The second-order valence-corrected chi connectivity index (χ2v) is 4.98. The molecule has 0 radical (unpaired) electrons. The Morgan fingerprint density at radius 2 is 2.33 bits per heavy atom. The van der Waals surface area contributed by atoms with Gasteiger partial charge in [0, 0.05) is 4.47 Å². The van der Waals surface area contributed by atoms with E-state index >= 15 is 0 Å². The van der Waals surface area contributed by atoms with Gasteiger partial charge in [-0.15, -0.1) is 0 Å². The van der Waals surface area contributed by atoms with Crippen molar-refractivity contribution >= 4 is 48.6 Å². The number of aromatic nitrogens is 1. The second-order valence-electron chi connectivity index (χ2n) is 3.06. The van der Waals surface area contributed by atoms with Crippen molar-refractivity contribution in [1.29, 1.82) is 0 Å². The third-order valence-corrected chi connectivity index (χ3v) is 3.77. The van der Waals surface area contributed by atoms with Gasteiger partial charge in [-0.05, 0) is 18.6 Å². The van der Waals surface area contributed by atoms with Crippen molar-refractivity contribution in [2.24, 2.45) is 0 Å². The van der Waals surface area contributed by atoms with Gasteiger partial charge in [-0.3, -0.25) is 0 Å². The first-order chi connectivity index (χ1) is 7.00. The smallest absolute Gasteiger partial charge is 0.338 e. The number of nitrogens with two attached hydrogens (primary N) is 1. The van der Waals surface area contributed by atoms with Crippen LogP contribution < -0.4 is 5.73 Å². The number of nitrogen functional groups attached to an aromatic ring is 1. The average Bonchev–Trinajstić information content (AvgIpc) is 2.46. The summed E-state index contributed by atoms with van der Waals surface area (Å²) in [5.74, 6) is -0.982. The maximum atomic E-state index is 11.1. The van der Waals surface area contributed by atoms with Gasteiger partial charge < -0.3 is 10.8 Å². The van der Waals surface area contributed by atoms with Crippen molar-refractivity contribution in [2.75, 3.05) is 5.73 Å². The number of aromatic carboxylic acids is 1. The third kappa shape index (κ3) is 1.59. The van der Waals surface area contributed by atoms with Crippen LogP contribution in [0, 0.1) is 6.92 Å². The molecule has 1 heterocycles. The summed E-state index contributed by atoms with van der Waals surface area (Å²) in [6, 6.07) is 1.84. The number of carbonyl (C=O) groups is 1. The first-order valence-electron chi connectivity index (χ1n) is 4.09. The topological polar surface area (TPSA) is 76.2 Å². The standard InChI is InChI=1S/C9H7BrN2O2S/c1-3-4(10)2-5-7(6(3)8(13)14)12-9(11)15-5/h2H,1H3,(H2,11,12)(H,13,14). The fourth-order valence-electron chi connectivity index (χ4n) is 1.41. The number of thiazole rings is 1. The van der Waals surface area contributed by atoms with Gasteiger partial charge in [-0.25, -0.2) is 9.78 Å². The molecule has 78 valence electrons. The van der Waals surface area contributed by atoms with Crippen LogP contribution in [0.1, 0.15) is 15.9 Å². The average molecular weight is 287 g/mol. The molecule has 0 spiro atoms. The van der Waals surface area contributed by atoms with E-state index in [-0.39, 0.29) is 5.56 Å². The van der Waals surface area contributed by atoms with Gasteiger partial charge in [0.05, 0.1) is 15.8 Å². The second kappa shape index (κ2) is 3.46. The Morgan fingerprint density at radius 3 is 2.93 bits per heavy atom. The summed E-state index contributed by atoms with van der Waals surface area (Å²) in [6.45, 7) is 1.74. The minimum atomic E-state index is -0.982. The van der Waals surface area contributed by atoms with Crippen molar-refractivity contribution in [2.45, 2.75) is 6.92 Å². The maximum absolute atomic E-state index is 11.1. The highest BCUT2D eigenvalue weighted by atomic mass is 79.9. The predicted molar refractivity (Wildman–Crippen MR) is 63.4 cm³/mol. The molecule has 0 aliphatic carbocycles. The molecule has 0 aliphatic rings. The Balaban J connectivity index is 2.94. The van der Waals surface area contributed by atoms with E-state index in [0.29, 0.717) is 16.2 Å². The molecule has 0 unspecified atom stereocenters. The van der Waals surface area contributed by atoms with E-state index in [1.807, 2.05) is 6.07 Å². The Bertz CT molecular complexity index is 565. The number of halogens is 1.